The van der Waals surface area contributed by atoms with Gasteiger partial charge < -0.3 is 15.5 Å². The van der Waals surface area contributed by atoms with Gasteiger partial charge in [-0.05, 0) is 70.5 Å². The maximum atomic E-state index is 12.5. The van der Waals surface area contributed by atoms with Crippen LogP contribution in [-0.4, -0.2) is 42.9 Å². The van der Waals surface area contributed by atoms with E-state index in [4.69, 9.17) is 0 Å². The molecule has 0 aliphatic carbocycles. The van der Waals surface area contributed by atoms with Crippen LogP contribution in [0.3, 0.4) is 0 Å². The van der Waals surface area contributed by atoms with Gasteiger partial charge >= 0.3 is 0 Å². The number of piperidine rings is 1. The number of anilines is 1. The average Bonchev–Trinajstić information content (AvgIpc) is 2.56. The first-order valence-corrected chi connectivity index (χ1v) is 8.47. The Morgan fingerprint density at radius 2 is 1.92 bits per heavy atom. The van der Waals surface area contributed by atoms with Crippen molar-refractivity contribution in [1.82, 2.24) is 10.2 Å². The summed E-state index contributed by atoms with van der Waals surface area (Å²) in [4.78, 5) is 26.3. The summed E-state index contributed by atoms with van der Waals surface area (Å²) in [6.07, 6.45) is 4.66. The molecule has 6 heteroatoms. The average molecular weight is 354 g/mol. The molecular formula is C18H28ClN3O2. The van der Waals surface area contributed by atoms with Crippen molar-refractivity contribution in [2.24, 2.45) is 0 Å². The standard InChI is InChI=1S/C18H27N3O2.ClH/c1-14-6-3-4-13-21(14)18(23)15-8-10-16(11-9-15)20-17(22)7-5-12-19-2;/h8-11,14,19H,3-7,12-13H2,1-2H3,(H,20,22);1H. The van der Waals surface area contributed by atoms with E-state index in [1.165, 1.54) is 6.42 Å². The Labute approximate surface area is 150 Å². The number of rotatable bonds is 6. The van der Waals surface area contributed by atoms with Crippen LogP contribution >= 0.6 is 12.4 Å². The van der Waals surface area contributed by atoms with E-state index in [0.29, 0.717) is 18.0 Å². The lowest BCUT2D eigenvalue weighted by Gasteiger charge is -2.33. The Bertz CT molecular complexity index is 534. The lowest BCUT2D eigenvalue weighted by atomic mass is 10.0. The van der Waals surface area contributed by atoms with Gasteiger partial charge in [-0.2, -0.15) is 0 Å². The predicted molar refractivity (Wildman–Crippen MR) is 99.8 cm³/mol. The van der Waals surface area contributed by atoms with Gasteiger partial charge in [-0.1, -0.05) is 0 Å². The van der Waals surface area contributed by atoms with Crippen LogP contribution in [0.1, 0.15) is 49.4 Å². The molecule has 0 radical (unpaired) electrons. The molecule has 1 aliphatic rings. The highest BCUT2D eigenvalue weighted by Crippen LogP contribution is 2.20. The van der Waals surface area contributed by atoms with Crippen LogP contribution in [0.2, 0.25) is 0 Å². The molecule has 1 atom stereocenters. The maximum absolute atomic E-state index is 12.5. The van der Waals surface area contributed by atoms with Crippen LogP contribution in [0.25, 0.3) is 0 Å². The van der Waals surface area contributed by atoms with E-state index >= 15 is 0 Å². The van der Waals surface area contributed by atoms with E-state index in [0.717, 1.165) is 38.0 Å². The molecular weight excluding hydrogens is 326 g/mol. The summed E-state index contributed by atoms with van der Waals surface area (Å²) < 4.78 is 0. The SMILES string of the molecule is CNCCCC(=O)Nc1ccc(C(=O)N2CCCCC2C)cc1.Cl. The fourth-order valence-electron chi connectivity index (χ4n) is 2.91. The van der Waals surface area contributed by atoms with Gasteiger partial charge in [0.1, 0.15) is 0 Å². The summed E-state index contributed by atoms with van der Waals surface area (Å²) in [6, 6.07) is 7.51. The van der Waals surface area contributed by atoms with E-state index in [9.17, 15) is 9.59 Å². The second-order valence-electron chi connectivity index (χ2n) is 6.18. The van der Waals surface area contributed by atoms with Gasteiger partial charge in [-0.3, -0.25) is 9.59 Å². The Balaban J connectivity index is 0.00000288. The fourth-order valence-corrected chi connectivity index (χ4v) is 2.91. The molecule has 1 aliphatic heterocycles. The second kappa shape index (κ2) is 10.3. The van der Waals surface area contributed by atoms with Crippen molar-refractivity contribution in [1.29, 1.82) is 0 Å². The first-order valence-electron chi connectivity index (χ1n) is 8.47. The number of halogens is 1. The van der Waals surface area contributed by atoms with Crippen molar-refractivity contribution in [3.63, 3.8) is 0 Å². The lowest BCUT2D eigenvalue weighted by molar-refractivity contribution is -0.116. The molecule has 0 aromatic heterocycles. The highest BCUT2D eigenvalue weighted by atomic mass is 35.5. The van der Waals surface area contributed by atoms with Crippen LogP contribution in [-0.2, 0) is 4.79 Å². The number of hydrogen-bond acceptors (Lipinski definition) is 3. The topological polar surface area (TPSA) is 61.4 Å². The molecule has 24 heavy (non-hydrogen) atoms. The zero-order valence-electron chi connectivity index (χ0n) is 14.5. The normalized spacial score (nSPS) is 17.1. The smallest absolute Gasteiger partial charge is 0.254 e. The van der Waals surface area contributed by atoms with Crippen LogP contribution in [0.5, 0.6) is 0 Å². The van der Waals surface area contributed by atoms with Gasteiger partial charge in [0, 0.05) is 30.3 Å². The molecule has 1 fully saturated rings. The summed E-state index contributed by atoms with van der Waals surface area (Å²) in [5.74, 6) is 0.0908. The molecule has 134 valence electrons. The number of carbonyl (C=O) groups excluding carboxylic acids is 2. The largest absolute Gasteiger partial charge is 0.336 e. The Morgan fingerprint density at radius 3 is 2.54 bits per heavy atom. The zero-order chi connectivity index (χ0) is 16.7. The van der Waals surface area contributed by atoms with Crippen molar-refractivity contribution in [3.05, 3.63) is 29.8 Å². The number of benzene rings is 1. The number of nitrogens with one attached hydrogen (secondary N) is 2. The molecule has 1 heterocycles. The third-order valence-electron chi connectivity index (χ3n) is 4.31. The summed E-state index contributed by atoms with van der Waals surface area (Å²) in [5, 5.41) is 5.88. The highest BCUT2D eigenvalue weighted by molar-refractivity contribution is 5.96. The zero-order valence-corrected chi connectivity index (χ0v) is 15.3. The Kier molecular flexibility index (Phi) is 8.79. The van der Waals surface area contributed by atoms with Crippen LogP contribution < -0.4 is 10.6 Å². The van der Waals surface area contributed by atoms with Crippen LogP contribution in [0.4, 0.5) is 5.69 Å². The van der Waals surface area contributed by atoms with Gasteiger partial charge in [-0.15, -0.1) is 12.4 Å². The minimum atomic E-state index is 0. The predicted octanol–water partition coefficient (Wildman–Crippen LogP) is 3.06. The van der Waals surface area contributed by atoms with E-state index in [2.05, 4.69) is 17.6 Å². The minimum absolute atomic E-state index is 0. The molecule has 0 spiro atoms. The molecule has 1 unspecified atom stereocenters. The molecule has 1 aromatic rings. The molecule has 1 aromatic carbocycles. The molecule has 2 N–H and O–H groups in total. The molecule has 1 saturated heterocycles. The quantitative estimate of drug-likeness (QED) is 0.773. The number of carbonyl (C=O) groups is 2. The molecule has 2 rings (SSSR count). The summed E-state index contributed by atoms with van der Waals surface area (Å²) in [7, 11) is 1.87. The summed E-state index contributed by atoms with van der Waals surface area (Å²) >= 11 is 0. The van der Waals surface area contributed by atoms with Crippen molar-refractivity contribution in [2.75, 3.05) is 25.5 Å². The highest BCUT2D eigenvalue weighted by Gasteiger charge is 2.23. The van der Waals surface area contributed by atoms with Crippen molar-refractivity contribution in [3.8, 4) is 0 Å². The molecule has 5 nitrogen and oxygen atoms in total. The van der Waals surface area contributed by atoms with Gasteiger partial charge in [0.05, 0.1) is 0 Å². The van der Waals surface area contributed by atoms with Gasteiger partial charge in [0.2, 0.25) is 5.91 Å². The maximum Gasteiger partial charge on any atom is 0.254 e. The first kappa shape index (κ1) is 20.5. The number of hydrogen-bond donors (Lipinski definition) is 2. The minimum Gasteiger partial charge on any atom is -0.336 e. The van der Waals surface area contributed by atoms with Crippen molar-refractivity contribution in [2.45, 2.75) is 45.1 Å². The third-order valence-corrected chi connectivity index (χ3v) is 4.31. The van der Waals surface area contributed by atoms with Crippen LogP contribution in [0.15, 0.2) is 24.3 Å². The van der Waals surface area contributed by atoms with Gasteiger partial charge in [0.15, 0.2) is 0 Å². The third kappa shape index (κ3) is 5.80. The van der Waals surface area contributed by atoms with Gasteiger partial charge in [-0.25, -0.2) is 0 Å². The molecule has 0 bridgehead atoms. The molecule has 2 amide bonds. The van der Waals surface area contributed by atoms with E-state index in [1.54, 1.807) is 24.3 Å². The number of nitrogens with zero attached hydrogens (tertiary/aromatic N) is 1. The van der Waals surface area contributed by atoms with E-state index in [-0.39, 0.29) is 24.2 Å². The van der Waals surface area contributed by atoms with Crippen LogP contribution in [0, 0.1) is 0 Å². The van der Waals surface area contributed by atoms with Gasteiger partial charge in [0.25, 0.3) is 5.91 Å². The summed E-state index contributed by atoms with van der Waals surface area (Å²) in [5.41, 5.74) is 1.43. The molecule has 0 saturated carbocycles. The number of likely N-dealkylation sites (tertiary alicyclic amines) is 1. The van der Waals surface area contributed by atoms with E-state index in [1.807, 2.05) is 11.9 Å². The summed E-state index contributed by atoms with van der Waals surface area (Å²) in [6.45, 7) is 3.77. The van der Waals surface area contributed by atoms with Crippen molar-refractivity contribution >= 4 is 29.9 Å². The Hall–Kier alpha value is -1.59. The second-order valence-corrected chi connectivity index (χ2v) is 6.18. The first-order chi connectivity index (χ1) is 11.1. The number of amides is 2. The van der Waals surface area contributed by atoms with Crippen molar-refractivity contribution < 1.29 is 9.59 Å². The Morgan fingerprint density at radius 1 is 1.21 bits per heavy atom. The lowest BCUT2D eigenvalue weighted by Crippen LogP contribution is -2.42. The van der Waals surface area contributed by atoms with E-state index < -0.39 is 0 Å². The fraction of sp³-hybridized carbons (Fsp3) is 0.556. The monoisotopic (exact) mass is 353 g/mol.